The van der Waals surface area contributed by atoms with Gasteiger partial charge in [0.2, 0.25) is 5.95 Å². The highest BCUT2D eigenvalue weighted by molar-refractivity contribution is 5.46. The van der Waals surface area contributed by atoms with Crippen molar-refractivity contribution in [1.82, 2.24) is 24.4 Å². The molecule has 0 radical (unpaired) electrons. The largest absolute Gasteiger partial charge is 0.494 e. The zero-order chi connectivity index (χ0) is 22.7. The Hall–Kier alpha value is -3.27. The molecule has 4 rings (SSSR count). The van der Waals surface area contributed by atoms with Crippen LogP contribution < -0.4 is 14.8 Å². The molecule has 1 saturated heterocycles. The van der Waals surface area contributed by atoms with Gasteiger partial charge in [0.05, 0.1) is 31.4 Å². The predicted molar refractivity (Wildman–Crippen MR) is 115 cm³/mol. The zero-order valence-corrected chi connectivity index (χ0v) is 18.3. The average Bonchev–Trinajstić information content (AvgIpc) is 3.26. The van der Waals surface area contributed by atoms with Crippen molar-refractivity contribution in [2.45, 2.75) is 32.4 Å². The third-order valence-corrected chi connectivity index (χ3v) is 5.62. The number of rotatable bonds is 7. The first-order valence-corrected chi connectivity index (χ1v) is 10.4. The second-order valence-electron chi connectivity index (χ2n) is 7.90. The molecule has 1 N–H and O–H groups in total. The summed E-state index contributed by atoms with van der Waals surface area (Å²) in [6.45, 7) is 3.36. The van der Waals surface area contributed by atoms with Crippen LogP contribution >= 0.6 is 0 Å². The molecule has 0 saturated carbocycles. The monoisotopic (exact) mass is 444 g/mol. The van der Waals surface area contributed by atoms with Crippen LogP contribution in [0.15, 0.2) is 31.0 Å². The quantitative estimate of drug-likeness (QED) is 0.593. The Morgan fingerprint density at radius 2 is 1.84 bits per heavy atom. The Morgan fingerprint density at radius 3 is 2.53 bits per heavy atom. The fourth-order valence-electron chi connectivity index (χ4n) is 3.70. The van der Waals surface area contributed by atoms with E-state index >= 15 is 0 Å². The maximum atomic E-state index is 14.4. The van der Waals surface area contributed by atoms with Crippen molar-refractivity contribution in [1.29, 1.82) is 0 Å². The fraction of sp³-hybridized carbons (Fsp3) is 0.409. The molecule has 32 heavy (non-hydrogen) atoms. The summed E-state index contributed by atoms with van der Waals surface area (Å²) in [6.07, 6.45) is 8.80. The molecule has 1 fully saturated rings. The summed E-state index contributed by atoms with van der Waals surface area (Å²) >= 11 is 0. The lowest BCUT2D eigenvalue weighted by atomic mass is 10.1. The van der Waals surface area contributed by atoms with Gasteiger partial charge in [-0.2, -0.15) is 0 Å². The van der Waals surface area contributed by atoms with E-state index in [9.17, 15) is 8.78 Å². The number of anilines is 2. The molecule has 10 heteroatoms. The SMILES string of the molecule is COc1cc(C)c(F)c(COc2cnc(Nc3cn(C4CCN(C)CC4)cn3)nc2)c1F. The lowest BCUT2D eigenvalue weighted by molar-refractivity contribution is 0.221. The Morgan fingerprint density at radius 1 is 1.12 bits per heavy atom. The predicted octanol–water partition coefficient (Wildman–Crippen LogP) is 3.86. The summed E-state index contributed by atoms with van der Waals surface area (Å²) in [5.74, 6) is -0.198. The Kier molecular flexibility index (Phi) is 6.50. The fourth-order valence-corrected chi connectivity index (χ4v) is 3.70. The molecule has 0 spiro atoms. The number of benzene rings is 1. The van der Waals surface area contributed by atoms with Crippen LogP contribution in [0.5, 0.6) is 11.5 Å². The minimum atomic E-state index is -0.782. The van der Waals surface area contributed by atoms with Crippen molar-refractivity contribution >= 4 is 11.8 Å². The van der Waals surface area contributed by atoms with E-state index in [1.165, 1.54) is 25.6 Å². The van der Waals surface area contributed by atoms with Gasteiger partial charge >= 0.3 is 0 Å². The number of likely N-dealkylation sites (tertiary alicyclic amines) is 1. The van der Waals surface area contributed by atoms with Crippen molar-refractivity contribution in [2.75, 3.05) is 32.6 Å². The number of aromatic nitrogens is 4. The zero-order valence-electron chi connectivity index (χ0n) is 18.3. The van der Waals surface area contributed by atoms with Gasteiger partial charge in [-0.25, -0.2) is 23.7 Å². The van der Waals surface area contributed by atoms with Crippen LogP contribution in [0.2, 0.25) is 0 Å². The van der Waals surface area contributed by atoms with Gasteiger partial charge < -0.3 is 24.3 Å². The number of nitrogens with zero attached hydrogens (tertiary/aromatic N) is 5. The number of imidazole rings is 1. The van der Waals surface area contributed by atoms with E-state index in [1.54, 1.807) is 6.92 Å². The third kappa shape index (κ3) is 4.80. The van der Waals surface area contributed by atoms with Crippen LogP contribution in [0.3, 0.4) is 0 Å². The number of piperidine rings is 1. The highest BCUT2D eigenvalue weighted by atomic mass is 19.1. The van der Waals surface area contributed by atoms with Gasteiger partial charge in [0.15, 0.2) is 23.1 Å². The van der Waals surface area contributed by atoms with Gasteiger partial charge in [0.25, 0.3) is 0 Å². The highest BCUT2D eigenvalue weighted by Gasteiger charge is 2.19. The summed E-state index contributed by atoms with van der Waals surface area (Å²) < 4.78 is 41.3. The second kappa shape index (κ2) is 9.47. The molecule has 170 valence electrons. The first-order valence-electron chi connectivity index (χ1n) is 10.4. The van der Waals surface area contributed by atoms with Gasteiger partial charge in [0.1, 0.15) is 12.4 Å². The topological polar surface area (TPSA) is 77.3 Å². The van der Waals surface area contributed by atoms with E-state index in [2.05, 4.69) is 36.8 Å². The molecule has 0 aliphatic carbocycles. The first-order chi connectivity index (χ1) is 15.4. The number of ether oxygens (including phenoxy) is 2. The van der Waals surface area contributed by atoms with Gasteiger partial charge in [0, 0.05) is 12.2 Å². The number of nitrogens with one attached hydrogen (secondary N) is 1. The molecule has 1 aliphatic rings. The molecule has 3 heterocycles. The van der Waals surface area contributed by atoms with E-state index in [0.29, 0.717) is 17.8 Å². The number of hydrogen-bond acceptors (Lipinski definition) is 7. The average molecular weight is 444 g/mol. The van der Waals surface area contributed by atoms with Gasteiger partial charge in [-0.3, -0.25) is 0 Å². The van der Waals surface area contributed by atoms with Crippen LogP contribution in [0.1, 0.15) is 30.0 Å². The summed E-state index contributed by atoms with van der Waals surface area (Å²) in [4.78, 5) is 15.1. The lowest BCUT2D eigenvalue weighted by Gasteiger charge is -2.29. The summed E-state index contributed by atoms with van der Waals surface area (Å²) in [7, 11) is 3.46. The third-order valence-electron chi connectivity index (χ3n) is 5.62. The Labute approximate surface area is 185 Å². The molecule has 1 aliphatic heterocycles. The number of aryl methyl sites for hydroxylation is 1. The molecule has 0 unspecified atom stereocenters. The maximum absolute atomic E-state index is 14.4. The molecule has 0 atom stereocenters. The van der Waals surface area contributed by atoms with Crippen molar-refractivity contribution in [3.63, 3.8) is 0 Å². The van der Waals surface area contributed by atoms with E-state index < -0.39 is 11.6 Å². The molecule has 2 aromatic heterocycles. The van der Waals surface area contributed by atoms with Crippen molar-refractivity contribution in [3.8, 4) is 11.5 Å². The van der Waals surface area contributed by atoms with E-state index in [1.807, 2.05) is 12.5 Å². The number of methoxy groups -OCH3 is 1. The molecule has 0 bridgehead atoms. The highest BCUT2D eigenvalue weighted by Crippen LogP contribution is 2.27. The summed E-state index contributed by atoms with van der Waals surface area (Å²) in [5, 5.41) is 3.06. The normalized spacial score (nSPS) is 15.0. The molecular weight excluding hydrogens is 418 g/mol. The standard InChI is InChI=1S/C22H26F2N6O2/c1-14-8-18(31-3)21(24)17(20(14)23)12-32-16-9-25-22(26-10-16)28-19-11-30(13-27-19)15-4-6-29(2)7-5-15/h8-11,13,15H,4-7,12H2,1-3H3,(H,25,26,28). The lowest BCUT2D eigenvalue weighted by Crippen LogP contribution is -2.31. The number of halogens is 2. The molecular formula is C22H26F2N6O2. The van der Waals surface area contributed by atoms with E-state index in [4.69, 9.17) is 9.47 Å². The van der Waals surface area contributed by atoms with Crippen LogP contribution in [-0.2, 0) is 6.61 Å². The molecule has 3 aromatic rings. The van der Waals surface area contributed by atoms with Crippen LogP contribution in [0.4, 0.5) is 20.5 Å². The van der Waals surface area contributed by atoms with Crippen molar-refractivity contribution < 1.29 is 18.3 Å². The van der Waals surface area contributed by atoms with Crippen LogP contribution in [0.25, 0.3) is 0 Å². The maximum Gasteiger partial charge on any atom is 0.228 e. The van der Waals surface area contributed by atoms with E-state index in [-0.39, 0.29) is 29.2 Å². The Balaban J connectivity index is 1.37. The summed E-state index contributed by atoms with van der Waals surface area (Å²) in [6, 6.07) is 1.75. The minimum absolute atomic E-state index is 0.0296. The van der Waals surface area contributed by atoms with Crippen molar-refractivity contribution in [3.05, 3.63) is 53.7 Å². The van der Waals surface area contributed by atoms with Gasteiger partial charge in [-0.15, -0.1) is 0 Å². The van der Waals surface area contributed by atoms with Gasteiger partial charge in [-0.05, 0) is 51.5 Å². The van der Waals surface area contributed by atoms with Crippen molar-refractivity contribution in [2.24, 2.45) is 0 Å². The Bertz CT molecular complexity index is 1070. The van der Waals surface area contributed by atoms with Crippen LogP contribution in [-0.4, -0.2) is 51.7 Å². The second-order valence-corrected chi connectivity index (χ2v) is 7.90. The molecule has 0 amide bonds. The molecule has 1 aromatic carbocycles. The minimum Gasteiger partial charge on any atom is -0.494 e. The first kappa shape index (κ1) is 21.9. The summed E-state index contributed by atoms with van der Waals surface area (Å²) in [5.41, 5.74) is 0.0702. The number of hydrogen-bond donors (Lipinski definition) is 1. The smallest absolute Gasteiger partial charge is 0.228 e. The van der Waals surface area contributed by atoms with Gasteiger partial charge in [-0.1, -0.05) is 0 Å². The van der Waals surface area contributed by atoms with Crippen LogP contribution in [0, 0.1) is 18.6 Å². The molecule has 8 nitrogen and oxygen atoms in total. The van der Waals surface area contributed by atoms with E-state index in [0.717, 1.165) is 25.9 Å².